The van der Waals surface area contributed by atoms with E-state index in [1.165, 1.54) is 0 Å². The third-order valence-electron chi connectivity index (χ3n) is 2.46. The van der Waals surface area contributed by atoms with E-state index >= 15 is 0 Å². The van der Waals surface area contributed by atoms with Crippen LogP contribution in [0.4, 0.5) is 0 Å². The van der Waals surface area contributed by atoms with Crippen molar-refractivity contribution in [2.45, 2.75) is 39.5 Å². The van der Waals surface area contributed by atoms with Crippen LogP contribution in [-0.2, 0) is 4.79 Å². The van der Waals surface area contributed by atoms with Crippen molar-refractivity contribution < 1.29 is 4.79 Å². The minimum Gasteiger partial charge on any atom is -0.295 e. The quantitative estimate of drug-likeness (QED) is 0.503. The van der Waals surface area contributed by atoms with Crippen molar-refractivity contribution >= 4 is 5.78 Å². The summed E-state index contributed by atoms with van der Waals surface area (Å²) >= 11 is 0. The summed E-state index contributed by atoms with van der Waals surface area (Å²) in [7, 11) is 0. The molecule has 0 atom stereocenters. The van der Waals surface area contributed by atoms with Gasteiger partial charge in [0.15, 0.2) is 5.78 Å². The summed E-state index contributed by atoms with van der Waals surface area (Å²) in [6.45, 7) is 7.71. The molecule has 0 aromatic carbocycles. The van der Waals surface area contributed by atoms with Crippen molar-refractivity contribution in [1.29, 1.82) is 0 Å². The molecule has 1 rings (SSSR count). The molecule has 1 aliphatic rings. The highest BCUT2D eigenvalue weighted by atomic mass is 16.1. The van der Waals surface area contributed by atoms with E-state index < -0.39 is 0 Å². The van der Waals surface area contributed by atoms with Crippen LogP contribution >= 0.6 is 0 Å². The number of carbonyl (C=O) groups excluding carboxylic acids is 1. The number of ketones is 1. The van der Waals surface area contributed by atoms with Gasteiger partial charge in [0.05, 0.1) is 0 Å². The summed E-state index contributed by atoms with van der Waals surface area (Å²) < 4.78 is 0. The molecule has 0 aromatic rings. The highest BCUT2D eigenvalue weighted by molar-refractivity contribution is 5.97. The molecule has 15 heavy (non-hydrogen) atoms. The van der Waals surface area contributed by atoms with Gasteiger partial charge in [-0.15, -0.1) is 12.3 Å². The van der Waals surface area contributed by atoms with Crippen molar-refractivity contribution in [2.75, 3.05) is 0 Å². The summed E-state index contributed by atoms with van der Waals surface area (Å²) in [6, 6.07) is 0. The number of hydrogen-bond donors (Lipinski definition) is 0. The third-order valence-corrected chi connectivity index (χ3v) is 2.46. The van der Waals surface area contributed by atoms with Crippen LogP contribution in [-0.4, -0.2) is 5.78 Å². The molecule has 0 aromatic heterocycles. The van der Waals surface area contributed by atoms with E-state index in [2.05, 4.69) is 12.3 Å². The lowest BCUT2D eigenvalue weighted by atomic mass is 9.88. The Labute approximate surface area is 91.9 Å². The van der Waals surface area contributed by atoms with Gasteiger partial charge in [-0.1, -0.05) is 6.08 Å². The summed E-state index contributed by atoms with van der Waals surface area (Å²) in [5.41, 5.74) is 6.39. The second-order valence-corrected chi connectivity index (χ2v) is 4.06. The third kappa shape index (κ3) is 3.38. The van der Waals surface area contributed by atoms with E-state index in [4.69, 9.17) is 0 Å². The topological polar surface area (TPSA) is 17.1 Å². The van der Waals surface area contributed by atoms with E-state index in [1.807, 2.05) is 19.9 Å². The van der Waals surface area contributed by atoms with Crippen LogP contribution < -0.4 is 0 Å². The molecule has 1 aliphatic carbocycles. The van der Waals surface area contributed by atoms with E-state index in [1.54, 1.807) is 6.08 Å². The molecular formula is C14H18O. The first-order valence-electron chi connectivity index (χ1n) is 5.41. The number of hydrogen-bond acceptors (Lipinski definition) is 1. The Morgan fingerprint density at radius 1 is 1.47 bits per heavy atom. The molecule has 1 heteroatoms. The highest BCUT2D eigenvalue weighted by Gasteiger charge is 2.17. The summed E-state index contributed by atoms with van der Waals surface area (Å²) in [4.78, 5) is 11.7. The van der Waals surface area contributed by atoms with Gasteiger partial charge in [-0.05, 0) is 50.3 Å². The molecule has 0 spiro atoms. The highest BCUT2D eigenvalue weighted by Crippen LogP contribution is 2.25. The second-order valence-electron chi connectivity index (χ2n) is 4.06. The molecule has 0 saturated carbocycles. The first-order valence-corrected chi connectivity index (χ1v) is 5.41. The molecule has 0 heterocycles. The van der Waals surface area contributed by atoms with Crippen LogP contribution in [0.1, 0.15) is 39.5 Å². The van der Waals surface area contributed by atoms with Crippen LogP contribution in [0.2, 0.25) is 0 Å². The predicted octanol–water partition coefficient (Wildman–Crippen LogP) is 3.73. The summed E-state index contributed by atoms with van der Waals surface area (Å²) in [5, 5.41) is 0. The normalized spacial score (nSPS) is 16.0. The molecule has 0 bridgehead atoms. The fraction of sp³-hybridized carbons (Fsp3) is 0.429. The van der Waals surface area contributed by atoms with Gasteiger partial charge in [-0.2, -0.15) is 0 Å². The summed E-state index contributed by atoms with van der Waals surface area (Å²) in [6.07, 6.45) is 7.11. The van der Waals surface area contributed by atoms with Crippen LogP contribution in [0, 0.1) is 0 Å². The van der Waals surface area contributed by atoms with Crippen molar-refractivity contribution in [2.24, 2.45) is 0 Å². The molecule has 80 valence electrons. The van der Waals surface area contributed by atoms with Gasteiger partial charge < -0.3 is 0 Å². The SMILES string of the molecule is C=CCC1=C(C=C=C(C)C)CCCC1=O. The number of carbonyl (C=O) groups is 1. The van der Waals surface area contributed by atoms with Crippen LogP contribution in [0.5, 0.6) is 0 Å². The van der Waals surface area contributed by atoms with Gasteiger partial charge in [-0.25, -0.2) is 0 Å². The van der Waals surface area contributed by atoms with Crippen molar-refractivity contribution in [3.63, 3.8) is 0 Å². The number of allylic oxidation sites excluding steroid dienone is 4. The zero-order valence-electron chi connectivity index (χ0n) is 9.60. The maximum atomic E-state index is 11.7. The Hall–Kier alpha value is -1.33. The average Bonchev–Trinajstić information content (AvgIpc) is 2.19. The molecule has 0 fully saturated rings. The standard InChI is InChI=1S/C14H18O/c1-4-6-13-12(10-9-11(2)3)7-5-8-14(13)15/h4,10H,1,5-8H2,2-3H3. The first kappa shape index (κ1) is 11.7. The monoisotopic (exact) mass is 202 g/mol. The molecular weight excluding hydrogens is 184 g/mol. The van der Waals surface area contributed by atoms with E-state index in [9.17, 15) is 4.79 Å². The molecule has 1 nitrogen and oxygen atoms in total. The smallest absolute Gasteiger partial charge is 0.159 e. The molecule has 0 saturated heterocycles. The summed E-state index contributed by atoms with van der Waals surface area (Å²) in [5.74, 6) is 0.281. The van der Waals surface area contributed by atoms with Crippen LogP contribution in [0.3, 0.4) is 0 Å². The Bertz CT molecular complexity index is 359. The molecule has 0 unspecified atom stereocenters. The van der Waals surface area contributed by atoms with Gasteiger partial charge >= 0.3 is 0 Å². The maximum Gasteiger partial charge on any atom is 0.159 e. The van der Waals surface area contributed by atoms with E-state index in [0.29, 0.717) is 12.8 Å². The Morgan fingerprint density at radius 2 is 2.20 bits per heavy atom. The average molecular weight is 202 g/mol. The van der Waals surface area contributed by atoms with Crippen molar-refractivity contribution in [1.82, 2.24) is 0 Å². The lowest BCUT2D eigenvalue weighted by Crippen LogP contribution is -2.10. The van der Waals surface area contributed by atoms with Crippen molar-refractivity contribution in [3.05, 3.63) is 41.2 Å². The minimum absolute atomic E-state index is 0.281. The second kappa shape index (κ2) is 5.53. The number of Topliss-reactive ketones (excluding diaryl/α,β-unsaturated/α-hetero) is 1. The lowest BCUT2D eigenvalue weighted by Gasteiger charge is -2.15. The van der Waals surface area contributed by atoms with Gasteiger partial charge in [-0.3, -0.25) is 4.79 Å². The molecule has 0 aliphatic heterocycles. The van der Waals surface area contributed by atoms with Crippen molar-refractivity contribution in [3.8, 4) is 0 Å². The fourth-order valence-electron chi connectivity index (χ4n) is 1.70. The number of rotatable bonds is 3. The van der Waals surface area contributed by atoms with E-state index in [0.717, 1.165) is 29.6 Å². The van der Waals surface area contributed by atoms with Gasteiger partial charge in [0.25, 0.3) is 0 Å². The zero-order chi connectivity index (χ0) is 11.3. The van der Waals surface area contributed by atoms with Crippen LogP contribution in [0.15, 0.2) is 41.2 Å². The first-order chi connectivity index (χ1) is 7.15. The van der Waals surface area contributed by atoms with Gasteiger partial charge in [0.2, 0.25) is 0 Å². The van der Waals surface area contributed by atoms with E-state index in [-0.39, 0.29) is 5.78 Å². The van der Waals surface area contributed by atoms with Gasteiger partial charge in [0, 0.05) is 12.0 Å². The lowest BCUT2D eigenvalue weighted by molar-refractivity contribution is -0.116. The Balaban J connectivity index is 3.06. The molecule has 0 radical (unpaired) electrons. The van der Waals surface area contributed by atoms with Gasteiger partial charge in [0.1, 0.15) is 0 Å². The zero-order valence-corrected chi connectivity index (χ0v) is 9.60. The predicted molar refractivity (Wildman–Crippen MR) is 63.6 cm³/mol. The molecule has 0 amide bonds. The molecule has 0 N–H and O–H groups in total. The minimum atomic E-state index is 0.281. The largest absolute Gasteiger partial charge is 0.295 e. The van der Waals surface area contributed by atoms with Crippen LogP contribution in [0.25, 0.3) is 0 Å². The fourth-order valence-corrected chi connectivity index (χ4v) is 1.70. The Kier molecular flexibility index (Phi) is 4.33. The Morgan fingerprint density at radius 3 is 2.80 bits per heavy atom. The maximum absolute atomic E-state index is 11.7.